The van der Waals surface area contributed by atoms with Crippen molar-refractivity contribution in [2.24, 2.45) is 5.92 Å². The van der Waals surface area contributed by atoms with Gasteiger partial charge in [0.2, 0.25) is 0 Å². The second-order valence-corrected chi connectivity index (χ2v) is 6.72. The summed E-state index contributed by atoms with van der Waals surface area (Å²) in [4.78, 5) is 11.8. The van der Waals surface area contributed by atoms with Crippen LogP contribution in [-0.2, 0) is 17.6 Å². The molecule has 0 radical (unpaired) electrons. The largest absolute Gasteiger partial charge is 0.484 e. The van der Waals surface area contributed by atoms with Crippen molar-refractivity contribution in [2.45, 2.75) is 57.8 Å². The highest BCUT2D eigenvalue weighted by molar-refractivity contribution is 5.77. The quantitative estimate of drug-likeness (QED) is 0.781. The summed E-state index contributed by atoms with van der Waals surface area (Å²) in [7, 11) is 0. The van der Waals surface area contributed by atoms with Crippen molar-refractivity contribution in [3.63, 3.8) is 0 Å². The number of hydrogen-bond acceptors (Lipinski definition) is 2. The van der Waals surface area contributed by atoms with Gasteiger partial charge in [-0.3, -0.25) is 4.79 Å². The highest BCUT2D eigenvalue weighted by Crippen LogP contribution is 2.28. The number of amides is 1. The summed E-state index contributed by atoms with van der Waals surface area (Å²) < 4.78 is 5.61. The van der Waals surface area contributed by atoms with Gasteiger partial charge in [-0.15, -0.1) is 0 Å². The van der Waals surface area contributed by atoms with Crippen LogP contribution in [0.5, 0.6) is 5.75 Å². The lowest BCUT2D eigenvalue weighted by Gasteiger charge is -2.10. The zero-order chi connectivity index (χ0) is 15.2. The van der Waals surface area contributed by atoms with Gasteiger partial charge in [-0.25, -0.2) is 0 Å². The Kier molecular flexibility index (Phi) is 5.36. The summed E-state index contributed by atoms with van der Waals surface area (Å²) in [6, 6.07) is 6.21. The molecule has 1 amide bonds. The van der Waals surface area contributed by atoms with Crippen molar-refractivity contribution in [3.05, 3.63) is 29.3 Å². The number of benzene rings is 1. The van der Waals surface area contributed by atoms with E-state index in [-0.39, 0.29) is 12.5 Å². The summed E-state index contributed by atoms with van der Waals surface area (Å²) in [5.74, 6) is 1.72. The molecule has 1 saturated carbocycles. The van der Waals surface area contributed by atoms with Crippen LogP contribution in [0.2, 0.25) is 0 Å². The van der Waals surface area contributed by atoms with Gasteiger partial charge in [0.05, 0.1) is 0 Å². The minimum atomic E-state index is -0.00748. The van der Waals surface area contributed by atoms with Crippen LogP contribution in [0.1, 0.15) is 56.1 Å². The number of aryl methyl sites for hydroxylation is 2. The predicted octanol–water partition coefficient (Wildman–Crippen LogP) is 3.64. The van der Waals surface area contributed by atoms with Gasteiger partial charge >= 0.3 is 0 Å². The molecule has 1 N–H and O–H groups in total. The number of rotatable bonds is 7. The number of fused-ring (bicyclic) bond motifs is 1. The monoisotopic (exact) mass is 301 g/mol. The third-order valence-corrected chi connectivity index (χ3v) is 5.03. The first-order valence-corrected chi connectivity index (χ1v) is 8.82. The zero-order valence-electron chi connectivity index (χ0n) is 13.4. The summed E-state index contributed by atoms with van der Waals surface area (Å²) in [5, 5.41) is 2.97. The second kappa shape index (κ2) is 7.66. The van der Waals surface area contributed by atoms with Crippen LogP contribution in [0.15, 0.2) is 18.2 Å². The normalized spacial score (nSPS) is 17.5. The first-order chi connectivity index (χ1) is 10.8. The maximum Gasteiger partial charge on any atom is 0.257 e. The Hall–Kier alpha value is -1.51. The van der Waals surface area contributed by atoms with E-state index in [1.165, 1.54) is 56.1 Å². The van der Waals surface area contributed by atoms with Gasteiger partial charge in [0, 0.05) is 6.54 Å². The van der Waals surface area contributed by atoms with E-state index in [0.717, 1.165) is 31.1 Å². The lowest BCUT2D eigenvalue weighted by atomic mass is 10.0. The molecule has 0 atom stereocenters. The molecular formula is C19H27NO2. The predicted molar refractivity (Wildman–Crippen MR) is 88.2 cm³/mol. The molecule has 0 bridgehead atoms. The van der Waals surface area contributed by atoms with Crippen LogP contribution in [0, 0.1) is 5.92 Å². The van der Waals surface area contributed by atoms with Gasteiger partial charge in [-0.1, -0.05) is 31.7 Å². The molecule has 3 rings (SSSR count). The van der Waals surface area contributed by atoms with Gasteiger partial charge in [0.25, 0.3) is 5.91 Å². The van der Waals surface area contributed by atoms with E-state index in [2.05, 4.69) is 17.4 Å². The lowest BCUT2D eigenvalue weighted by Crippen LogP contribution is -2.29. The molecule has 0 unspecified atom stereocenters. The SMILES string of the molecule is O=C(COc1ccc2c(c1)CCC2)NCCCC1CCCC1. The average Bonchev–Trinajstić information content (AvgIpc) is 3.20. The van der Waals surface area contributed by atoms with E-state index >= 15 is 0 Å². The van der Waals surface area contributed by atoms with E-state index in [1.54, 1.807) is 0 Å². The van der Waals surface area contributed by atoms with Crippen LogP contribution in [0.3, 0.4) is 0 Å². The summed E-state index contributed by atoms with van der Waals surface area (Å²) >= 11 is 0. The number of nitrogens with one attached hydrogen (secondary N) is 1. The first kappa shape index (κ1) is 15.4. The molecule has 3 heteroatoms. The topological polar surface area (TPSA) is 38.3 Å². The Morgan fingerprint density at radius 3 is 2.82 bits per heavy atom. The van der Waals surface area contributed by atoms with E-state index in [0.29, 0.717) is 0 Å². The van der Waals surface area contributed by atoms with Crippen LogP contribution in [0.4, 0.5) is 0 Å². The highest BCUT2D eigenvalue weighted by Gasteiger charge is 2.14. The van der Waals surface area contributed by atoms with Crippen molar-refractivity contribution in [2.75, 3.05) is 13.2 Å². The zero-order valence-corrected chi connectivity index (χ0v) is 13.4. The molecule has 0 heterocycles. The fourth-order valence-corrected chi connectivity index (χ4v) is 3.76. The van der Waals surface area contributed by atoms with E-state index in [4.69, 9.17) is 4.74 Å². The van der Waals surface area contributed by atoms with Gasteiger partial charge in [-0.2, -0.15) is 0 Å². The van der Waals surface area contributed by atoms with Gasteiger partial charge in [-0.05, 0) is 61.3 Å². The van der Waals surface area contributed by atoms with Crippen LogP contribution in [-0.4, -0.2) is 19.1 Å². The average molecular weight is 301 g/mol. The smallest absolute Gasteiger partial charge is 0.257 e. The third-order valence-electron chi connectivity index (χ3n) is 5.03. The van der Waals surface area contributed by atoms with Crippen molar-refractivity contribution in [1.82, 2.24) is 5.32 Å². The summed E-state index contributed by atoms with van der Waals surface area (Å²) in [6.45, 7) is 0.908. The van der Waals surface area contributed by atoms with E-state index in [9.17, 15) is 4.79 Å². The summed E-state index contributed by atoms with van der Waals surface area (Å²) in [5.41, 5.74) is 2.82. The van der Waals surface area contributed by atoms with Crippen LogP contribution < -0.4 is 10.1 Å². The standard InChI is InChI=1S/C19H27NO2/c21-19(20-12-4-7-15-5-1-2-6-15)14-22-18-11-10-16-8-3-9-17(16)13-18/h10-11,13,15H,1-9,12,14H2,(H,20,21). The Labute approximate surface area is 133 Å². The molecular weight excluding hydrogens is 274 g/mol. The molecule has 0 aromatic heterocycles. The van der Waals surface area contributed by atoms with Crippen molar-refractivity contribution < 1.29 is 9.53 Å². The Balaban J connectivity index is 1.32. The van der Waals surface area contributed by atoms with Crippen molar-refractivity contribution in [3.8, 4) is 5.75 Å². The number of carbonyl (C=O) groups is 1. The van der Waals surface area contributed by atoms with E-state index < -0.39 is 0 Å². The van der Waals surface area contributed by atoms with Crippen molar-refractivity contribution in [1.29, 1.82) is 0 Å². The van der Waals surface area contributed by atoms with Gasteiger partial charge < -0.3 is 10.1 Å². The maximum absolute atomic E-state index is 11.8. The Morgan fingerprint density at radius 2 is 1.95 bits per heavy atom. The molecule has 2 aliphatic carbocycles. The Morgan fingerprint density at radius 1 is 1.14 bits per heavy atom. The minimum absolute atomic E-state index is 0.00748. The molecule has 22 heavy (non-hydrogen) atoms. The molecule has 0 saturated heterocycles. The molecule has 3 nitrogen and oxygen atoms in total. The minimum Gasteiger partial charge on any atom is -0.484 e. The number of hydrogen-bond donors (Lipinski definition) is 1. The van der Waals surface area contributed by atoms with Crippen LogP contribution in [0.25, 0.3) is 0 Å². The molecule has 1 aromatic carbocycles. The first-order valence-electron chi connectivity index (χ1n) is 8.82. The van der Waals surface area contributed by atoms with Crippen molar-refractivity contribution >= 4 is 5.91 Å². The number of ether oxygens (including phenoxy) is 1. The van der Waals surface area contributed by atoms with Crippen LogP contribution >= 0.6 is 0 Å². The van der Waals surface area contributed by atoms with E-state index in [1.807, 2.05) is 6.07 Å². The van der Waals surface area contributed by atoms with Gasteiger partial charge in [0.1, 0.15) is 5.75 Å². The lowest BCUT2D eigenvalue weighted by molar-refractivity contribution is -0.123. The molecule has 1 aromatic rings. The molecule has 0 aliphatic heterocycles. The highest BCUT2D eigenvalue weighted by atomic mass is 16.5. The fraction of sp³-hybridized carbons (Fsp3) is 0.632. The maximum atomic E-state index is 11.8. The second-order valence-electron chi connectivity index (χ2n) is 6.72. The Bertz CT molecular complexity index is 506. The molecule has 0 spiro atoms. The molecule has 2 aliphatic rings. The summed E-state index contributed by atoms with van der Waals surface area (Å²) in [6.07, 6.45) is 11.5. The fourth-order valence-electron chi connectivity index (χ4n) is 3.76. The molecule has 120 valence electrons. The third kappa shape index (κ3) is 4.25. The molecule has 1 fully saturated rings. The van der Waals surface area contributed by atoms with Gasteiger partial charge in [0.15, 0.2) is 6.61 Å². The number of carbonyl (C=O) groups excluding carboxylic acids is 1.